The van der Waals surface area contributed by atoms with Gasteiger partial charge in [-0.3, -0.25) is 0 Å². The van der Waals surface area contributed by atoms with Crippen molar-refractivity contribution in [1.29, 1.82) is 0 Å². The Balaban J connectivity index is 0.000000162. The Hall–Kier alpha value is -3.26. The molecule has 0 heterocycles. The Bertz CT molecular complexity index is 2230. The number of hydrogen-bond acceptors (Lipinski definition) is 0. The molecule has 8 aromatic rings. The molecule has 0 aromatic heterocycles. The molecule has 0 fully saturated rings. The zero-order chi connectivity index (χ0) is 34.0. The van der Waals surface area contributed by atoms with Crippen LogP contribution in [-0.2, 0) is 20.8 Å². The summed E-state index contributed by atoms with van der Waals surface area (Å²) in [6.45, 7) is 11.0. The van der Waals surface area contributed by atoms with Crippen molar-refractivity contribution in [2.45, 2.75) is 39.8 Å². The second kappa shape index (κ2) is 17.4. The maximum atomic E-state index is 4.93. The molecule has 0 saturated carbocycles. The van der Waals surface area contributed by atoms with Crippen LogP contribution in [0.25, 0.3) is 65.3 Å². The van der Waals surface area contributed by atoms with E-state index in [1.165, 1.54) is 76.5 Å². The van der Waals surface area contributed by atoms with Gasteiger partial charge in [0.1, 0.15) is 0 Å². The van der Waals surface area contributed by atoms with Crippen LogP contribution in [0.5, 0.6) is 0 Å². The number of hydrogen-bond donors (Lipinski definition) is 0. The molecule has 0 unspecified atom stereocenters. The van der Waals surface area contributed by atoms with Crippen molar-refractivity contribution in [2.75, 3.05) is 0 Å². The SMILES string of the molecule is CC(C)c1cc2c(-c3cccc4ccccc34)cccc2[cH-]1.C[Si]C.Cc1cc2c(-c3cccc4ccccc34)cccc2[cH-]1.[Cl][Zr+2][Cl]. The average molecular weight is 759 g/mol. The van der Waals surface area contributed by atoms with E-state index in [1.807, 2.05) is 0 Å². The van der Waals surface area contributed by atoms with Crippen LogP contribution < -0.4 is 0 Å². The van der Waals surface area contributed by atoms with Gasteiger partial charge in [-0.1, -0.05) is 142 Å². The summed E-state index contributed by atoms with van der Waals surface area (Å²) in [6, 6.07) is 52.8. The molecule has 48 heavy (non-hydrogen) atoms. The van der Waals surface area contributed by atoms with Crippen molar-refractivity contribution in [1.82, 2.24) is 0 Å². The molecule has 0 saturated heterocycles. The van der Waals surface area contributed by atoms with Crippen LogP contribution in [0.2, 0.25) is 13.1 Å². The van der Waals surface area contributed by atoms with Crippen molar-refractivity contribution in [2.24, 2.45) is 0 Å². The van der Waals surface area contributed by atoms with Gasteiger partial charge >= 0.3 is 37.9 Å². The molecule has 0 aliphatic carbocycles. The van der Waals surface area contributed by atoms with E-state index in [0.29, 0.717) is 5.92 Å². The standard InChI is InChI=1S/C22H19.C20H15.C2H6Si.2ClH.Zr/c1-15(2)18-13-17-9-6-12-21(22(17)14-18)20-11-5-8-16-7-3-4-10-19(16)20;1-14-12-16-8-5-11-19(20(16)13-14)18-10-4-7-15-6-2-3-9-17(15)18;1-3-2;;;/h3-15H,1-2H3;2-13H,1H3;1-2H3;2*1H;/q2*-1;;;;+4/p-2. The van der Waals surface area contributed by atoms with Gasteiger partial charge in [0.05, 0.1) is 0 Å². The second-order valence-corrected chi connectivity index (χ2v) is 16.9. The van der Waals surface area contributed by atoms with Gasteiger partial charge in [0.25, 0.3) is 0 Å². The molecule has 8 aromatic carbocycles. The summed E-state index contributed by atoms with van der Waals surface area (Å²) in [6.07, 6.45) is 0. The van der Waals surface area contributed by atoms with Crippen molar-refractivity contribution in [3.8, 4) is 22.3 Å². The summed E-state index contributed by atoms with van der Waals surface area (Å²) >= 11 is -0.826. The van der Waals surface area contributed by atoms with Gasteiger partial charge in [-0.25, -0.2) is 0 Å². The predicted molar refractivity (Wildman–Crippen MR) is 213 cm³/mol. The molecule has 0 atom stereocenters. The Morgan fingerprint density at radius 2 is 0.896 bits per heavy atom. The second-order valence-electron chi connectivity index (χ2n) is 12.2. The van der Waals surface area contributed by atoms with Crippen LogP contribution in [0.1, 0.15) is 30.9 Å². The Morgan fingerprint density at radius 3 is 1.38 bits per heavy atom. The fourth-order valence-corrected chi connectivity index (χ4v) is 6.37. The maximum absolute atomic E-state index is 4.93. The number of benzene rings is 6. The van der Waals surface area contributed by atoms with E-state index in [2.05, 4.69) is 179 Å². The molecular weight excluding hydrogens is 719 g/mol. The fraction of sp³-hybridized carbons (Fsp3) is 0.136. The number of fused-ring (bicyclic) bond motifs is 4. The molecule has 2 radical (unpaired) electrons. The minimum atomic E-state index is -0.826. The first-order valence-corrected chi connectivity index (χ1v) is 24.6. The molecule has 0 bridgehead atoms. The van der Waals surface area contributed by atoms with Crippen LogP contribution >= 0.6 is 17.0 Å². The van der Waals surface area contributed by atoms with E-state index < -0.39 is 20.8 Å². The summed E-state index contributed by atoms with van der Waals surface area (Å²) in [7, 11) is 11.0. The monoisotopic (exact) mass is 756 g/mol. The summed E-state index contributed by atoms with van der Waals surface area (Å²) in [5, 5.41) is 10.6. The van der Waals surface area contributed by atoms with Crippen LogP contribution in [0.3, 0.4) is 0 Å². The third-order valence-corrected chi connectivity index (χ3v) is 8.49. The van der Waals surface area contributed by atoms with Crippen LogP contribution in [0, 0.1) is 6.92 Å². The zero-order valence-electron chi connectivity index (χ0n) is 28.2. The van der Waals surface area contributed by atoms with E-state index in [-0.39, 0.29) is 0 Å². The van der Waals surface area contributed by atoms with Crippen molar-refractivity contribution in [3.05, 3.63) is 157 Å². The van der Waals surface area contributed by atoms with Crippen LogP contribution in [0.15, 0.2) is 146 Å². The first kappa shape index (κ1) is 36.0. The van der Waals surface area contributed by atoms with E-state index in [1.54, 1.807) is 0 Å². The molecular formula is C44H40Cl2SiZr. The van der Waals surface area contributed by atoms with Crippen molar-refractivity contribution < 1.29 is 20.8 Å². The predicted octanol–water partition coefficient (Wildman–Crippen LogP) is 14.4. The molecule has 8 rings (SSSR count). The van der Waals surface area contributed by atoms with E-state index in [4.69, 9.17) is 17.0 Å². The van der Waals surface area contributed by atoms with Crippen molar-refractivity contribution >= 4 is 69.6 Å². The van der Waals surface area contributed by atoms with E-state index in [9.17, 15) is 0 Å². The Morgan fingerprint density at radius 1 is 0.521 bits per heavy atom. The molecule has 0 amide bonds. The first-order chi connectivity index (χ1) is 23.4. The molecule has 0 N–H and O–H groups in total. The molecule has 4 heteroatoms. The number of aryl methyl sites for hydroxylation is 1. The average Bonchev–Trinajstić information content (AvgIpc) is 3.72. The third-order valence-electron chi connectivity index (χ3n) is 8.49. The summed E-state index contributed by atoms with van der Waals surface area (Å²) in [5.41, 5.74) is 8.05. The normalized spacial score (nSPS) is 10.6. The quantitative estimate of drug-likeness (QED) is 0.124. The topological polar surface area (TPSA) is 0 Å². The van der Waals surface area contributed by atoms with Gasteiger partial charge in [0.2, 0.25) is 0 Å². The Labute approximate surface area is 306 Å². The minimum absolute atomic E-state index is 0.563. The molecule has 0 spiro atoms. The van der Waals surface area contributed by atoms with Gasteiger partial charge in [-0.2, -0.15) is 12.1 Å². The summed E-state index contributed by atoms with van der Waals surface area (Å²) in [5.74, 6) is 0.563. The van der Waals surface area contributed by atoms with Gasteiger partial charge in [-0.15, -0.1) is 69.1 Å². The zero-order valence-corrected chi connectivity index (χ0v) is 33.2. The van der Waals surface area contributed by atoms with E-state index in [0.717, 1.165) is 9.52 Å². The van der Waals surface area contributed by atoms with Gasteiger partial charge in [0, 0.05) is 9.52 Å². The first-order valence-electron chi connectivity index (χ1n) is 16.3. The van der Waals surface area contributed by atoms with Crippen LogP contribution in [0.4, 0.5) is 0 Å². The molecule has 0 nitrogen and oxygen atoms in total. The van der Waals surface area contributed by atoms with Gasteiger partial charge < -0.3 is 0 Å². The number of rotatable bonds is 3. The molecule has 0 aliphatic heterocycles. The molecule has 238 valence electrons. The number of halogens is 2. The van der Waals surface area contributed by atoms with E-state index >= 15 is 0 Å². The summed E-state index contributed by atoms with van der Waals surface area (Å²) < 4.78 is 0. The Kier molecular flexibility index (Phi) is 13.1. The third kappa shape index (κ3) is 8.30. The van der Waals surface area contributed by atoms with Crippen molar-refractivity contribution in [3.63, 3.8) is 0 Å². The summed E-state index contributed by atoms with van der Waals surface area (Å²) in [4.78, 5) is 0. The van der Waals surface area contributed by atoms with Gasteiger partial charge in [-0.05, 0) is 38.6 Å². The van der Waals surface area contributed by atoms with Crippen LogP contribution in [-0.4, -0.2) is 9.52 Å². The fourth-order valence-electron chi connectivity index (χ4n) is 6.37. The molecule has 0 aliphatic rings. The van der Waals surface area contributed by atoms with Gasteiger partial charge in [0.15, 0.2) is 0 Å².